The minimum absolute atomic E-state index is 0.654. The van der Waals surface area contributed by atoms with E-state index < -0.39 is 0 Å². The van der Waals surface area contributed by atoms with E-state index in [0.717, 1.165) is 26.1 Å². The molecule has 214 valence electrons. The number of nitriles is 1. The van der Waals surface area contributed by atoms with Crippen LogP contribution in [0.4, 0.5) is 0 Å². The van der Waals surface area contributed by atoms with Gasteiger partial charge in [-0.1, -0.05) is 12.1 Å². The first-order chi connectivity index (χ1) is 21.7. The average molecular weight is 716 g/mol. The molecule has 0 radical (unpaired) electrons. The standard InChI is InChI=1S/C16H8N2S4.C16H9NOS4/c17-8-10-9-18-16(20-10)15-6-5-14(22-15)13-4-3-12(21-13)11-2-1-7-19-11;18-9-10-8-17-16(20-10)15-6-5-14(22-15)13-4-3-12(21-13)11-2-1-7-19-11/h1-7,9H;1-9H. The Kier molecular flexibility index (Phi) is 8.88. The van der Waals surface area contributed by atoms with E-state index in [1.54, 1.807) is 57.7 Å². The molecule has 12 heteroatoms. The summed E-state index contributed by atoms with van der Waals surface area (Å²) < 4.78 is 0. The number of thiophene rings is 6. The largest absolute Gasteiger partial charge is 0.297 e. The van der Waals surface area contributed by atoms with Gasteiger partial charge in [0.25, 0.3) is 0 Å². The molecule has 44 heavy (non-hydrogen) atoms. The summed E-state index contributed by atoms with van der Waals surface area (Å²) in [5.41, 5.74) is 0. The molecule has 0 N–H and O–H groups in total. The van der Waals surface area contributed by atoms with Gasteiger partial charge in [0.05, 0.1) is 20.8 Å². The monoisotopic (exact) mass is 715 g/mol. The molecule has 0 unspecified atom stereocenters. The van der Waals surface area contributed by atoms with Crippen molar-refractivity contribution < 1.29 is 4.79 Å². The van der Waals surface area contributed by atoms with Crippen LogP contribution in [0.2, 0.25) is 0 Å². The van der Waals surface area contributed by atoms with Crippen molar-refractivity contribution in [2.75, 3.05) is 0 Å². The molecule has 0 fully saturated rings. The Morgan fingerprint density at radius 1 is 0.523 bits per heavy atom. The summed E-state index contributed by atoms with van der Waals surface area (Å²) in [6.07, 6.45) is 4.12. The Morgan fingerprint density at radius 3 is 1.36 bits per heavy atom. The highest BCUT2D eigenvalue weighted by atomic mass is 32.1. The first-order valence-electron chi connectivity index (χ1n) is 12.9. The van der Waals surface area contributed by atoms with E-state index in [-0.39, 0.29) is 0 Å². The van der Waals surface area contributed by atoms with Crippen LogP contribution in [0.15, 0.2) is 96.0 Å². The minimum atomic E-state index is 0.654. The van der Waals surface area contributed by atoms with Gasteiger partial charge in [0.1, 0.15) is 21.0 Å². The van der Waals surface area contributed by atoms with Gasteiger partial charge in [-0.15, -0.1) is 90.7 Å². The minimum Gasteiger partial charge on any atom is -0.297 e. The SMILES string of the molecule is N#Cc1cnc(-c2ccc(-c3ccc(-c4cccs4)s3)s2)s1.O=Cc1cnc(-c2ccc(-c3ccc(-c4cccs4)s3)s2)s1. The predicted octanol–water partition coefficient (Wildman–Crippen LogP) is 12.3. The number of rotatable bonds is 7. The highest BCUT2D eigenvalue weighted by Crippen LogP contribution is 2.43. The van der Waals surface area contributed by atoms with Crippen molar-refractivity contribution in [1.82, 2.24) is 9.97 Å². The fourth-order valence-electron chi connectivity index (χ4n) is 4.11. The summed E-state index contributed by atoms with van der Waals surface area (Å²) in [5.74, 6) is 0. The van der Waals surface area contributed by atoms with Crippen molar-refractivity contribution >= 4 is 97.0 Å². The lowest BCUT2D eigenvalue weighted by atomic mass is 10.3. The van der Waals surface area contributed by atoms with E-state index >= 15 is 0 Å². The summed E-state index contributed by atoms with van der Waals surface area (Å²) >= 11 is 13.5. The third-order valence-corrected chi connectivity index (χ3v) is 15.1. The van der Waals surface area contributed by atoms with Crippen LogP contribution >= 0.6 is 90.7 Å². The predicted molar refractivity (Wildman–Crippen MR) is 194 cm³/mol. The third kappa shape index (κ3) is 6.37. The van der Waals surface area contributed by atoms with Gasteiger partial charge in [-0.3, -0.25) is 4.79 Å². The third-order valence-electron chi connectivity index (χ3n) is 6.11. The van der Waals surface area contributed by atoms with E-state index in [9.17, 15) is 4.79 Å². The first-order valence-corrected chi connectivity index (χ1v) is 19.6. The summed E-state index contributed by atoms with van der Waals surface area (Å²) in [6, 6.07) is 27.8. The van der Waals surface area contributed by atoms with Crippen molar-refractivity contribution in [2.45, 2.75) is 0 Å². The molecule has 0 spiro atoms. The zero-order valence-electron chi connectivity index (χ0n) is 22.3. The van der Waals surface area contributed by atoms with Gasteiger partial charge in [-0.05, 0) is 71.4 Å². The molecule has 8 aromatic rings. The average Bonchev–Trinajstić information content (AvgIpc) is 3.92. The lowest BCUT2D eigenvalue weighted by Crippen LogP contribution is -1.64. The number of nitrogens with zero attached hydrogens (tertiary/aromatic N) is 3. The number of aromatic nitrogens is 2. The Labute approximate surface area is 285 Å². The smallest absolute Gasteiger partial charge is 0.161 e. The van der Waals surface area contributed by atoms with Crippen LogP contribution in [0.1, 0.15) is 14.5 Å². The Morgan fingerprint density at radius 2 is 0.955 bits per heavy atom. The molecular formula is C32H17N3OS8. The number of thiazole rings is 2. The summed E-state index contributed by atoms with van der Waals surface area (Å²) in [4.78, 5) is 33.2. The molecule has 0 aliphatic carbocycles. The van der Waals surface area contributed by atoms with Crippen LogP contribution in [0.3, 0.4) is 0 Å². The maximum Gasteiger partial charge on any atom is 0.161 e. The molecule has 0 aromatic carbocycles. The zero-order valence-corrected chi connectivity index (χ0v) is 28.9. The summed E-state index contributed by atoms with van der Waals surface area (Å²) in [7, 11) is 0. The fourth-order valence-corrected chi connectivity index (χ4v) is 11.5. The second kappa shape index (κ2) is 13.3. The molecule has 8 heterocycles. The van der Waals surface area contributed by atoms with Crippen LogP contribution in [0.5, 0.6) is 0 Å². The first kappa shape index (κ1) is 29.3. The molecular weight excluding hydrogens is 699 g/mol. The quantitative estimate of drug-likeness (QED) is 0.154. The lowest BCUT2D eigenvalue weighted by Gasteiger charge is -1.91. The van der Waals surface area contributed by atoms with E-state index in [0.29, 0.717) is 9.75 Å². The van der Waals surface area contributed by atoms with Crippen molar-refractivity contribution in [2.24, 2.45) is 0 Å². The van der Waals surface area contributed by atoms with Gasteiger partial charge in [0.15, 0.2) is 6.29 Å². The van der Waals surface area contributed by atoms with Gasteiger partial charge in [-0.2, -0.15) is 5.26 Å². The Hall–Kier alpha value is -3.38. The number of aldehydes is 1. The summed E-state index contributed by atoms with van der Waals surface area (Å²) in [6.45, 7) is 0. The highest BCUT2D eigenvalue weighted by Gasteiger charge is 2.13. The van der Waals surface area contributed by atoms with Crippen LogP contribution in [-0.4, -0.2) is 16.3 Å². The van der Waals surface area contributed by atoms with E-state index in [2.05, 4.69) is 99.6 Å². The maximum atomic E-state index is 10.8. The second-order valence-corrected chi connectivity index (χ2v) is 17.3. The van der Waals surface area contributed by atoms with Crippen LogP contribution in [0, 0.1) is 11.3 Å². The molecule has 0 aliphatic heterocycles. The molecule has 0 aliphatic rings. The summed E-state index contributed by atoms with van der Waals surface area (Å²) in [5, 5.41) is 14.9. The van der Waals surface area contributed by atoms with Crippen molar-refractivity contribution in [3.63, 3.8) is 0 Å². The number of hydrogen-bond donors (Lipinski definition) is 0. The van der Waals surface area contributed by atoms with Gasteiger partial charge in [0.2, 0.25) is 0 Å². The number of hydrogen-bond acceptors (Lipinski definition) is 12. The van der Waals surface area contributed by atoms with E-state index in [1.807, 2.05) is 22.7 Å². The molecule has 0 saturated heterocycles. The molecule has 0 saturated carbocycles. The molecule has 4 nitrogen and oxygen atoms in total. The molecule has 0 atom stereocenters. The van der Waals surface area contributed by atoms with Crippen LogP contribution in [0.25, 0.3) is 58.8 Å². The topological polar surface area (TPSA) is 66.6 Å². The Bertz CT molecular complexity index is 2180. The molecule has 8 aromatic heterocycles. The van der Waals surface area contributed by atoms with Crippen LogP contribution in [-0.2, 0) is 0 Å². The van der Waals surface area contributed by atoms with Gasteiger partial charge < -0.3 is 0 Å². The van der Waals surface area contributed by atoms with Gasteiger partial charge in [0, 0.05) is 45.2 Å². The molecule has 0 bridgehead atoms. The van der Waals surface area contributed by atoms with Crippen molar-refractivity contribution in [3.05, 3.63) is 106 Å². The van der Waals surface area contributed by atoms with E-state index in [4.69, 9.17) is 5.26 Å². The fraction of sp³-hybridized carbons (Fsp3) is 0. The lowest BCUT2D eigenvalue weighted by molar-refractivity contribution is 0.112. The molecule has 0 amide bonds. The maximum absolute atomic E-state index is 10.8. The zero-order chi connectivity index (χ0) is 29.9. The Balaban J connectivity index is 0.000000142. The van der Waals surface area contributed by atoms with Gasteiger partial charge >= 0.3 is 0 Å². The second-order valence-electron chi connectivity index (χ2n) is 8.94. The van der Waals surface area contributed by atoms with E-state index in [1.165, 1.54) is 61.7 Å². The van der Waals surface area contributed by atoms with Crippen molar-refractivity contribution in [3.8, 4) is 64.9 Å². The van der Waals surface area contributed by atoms with Gasteiger partial charge in [-0.25, -0.2) is 9.97 Å². The number of carbonyl (C=O) groups excluding carboxylic acids is 1. The highest BCUT2D eigenvalue weighted by molar-refractivity contribution is 7.29. The van der Waals surface area contributed by atoms with Crippen LogP contribution < -0.4 is 0 Å². The number of carbonyl (C=O) groups is 1. The van der Waals surface area contributed by atoms with Crippen molar-refractivity contribution in [1.29, 1.82) is 5.26 Å². The molecule has 8 rings (SSSR count). The normalized spacial score (nSPS) is 10.8.